The van der Waals surface area contributed by atoms with Crippen LogP contribution in [0.15, 0.2) is 36.4 Å². The molecule has 3 heteroatoms. The summed E-state index contributed by atoms with van der Waals surface area (Å²) < 4.78 is 2.84. The molecule has 0 aliphatic heterocycles. The summed E-state index contributed by atoms with van der Waals surface area (Å²) in [6.07, 6.45) is 0. The zero-order valence-corrected chi connectivity index (χ0v) is 7.88. The van der Waals surface area contributed by atoms with Gasteiger partial charge < -0.3 is 10.5 Å². The molecule has 0 aliphatic carbocycles. The Morgan fingerprint density at radius 2 is 2.00 bits per heavy atom. The molecule has 2 aromatic rings. The molecule has 2 aromatic carbocycles. The van der Waals surface area contributed by atoms with E-state index in [0.717, 1.165) is 22.1 Å². The fourth-order valence-electron chi connectivity index (χ4n) is 1.40. The number of thiol groups is 1. The third kappa shape index (κ3) is 1.42. The van der Waals surface area contributed by atoms with Gasteiger partial charge in [0.25, 0.3) is 0 Å². The summed E-state index contributed by atoms with van der Waals surface area (Å²) in [5, 5.41) is 2.26. The third-order valence-corrected chi connectivity index (χ3v) is 2.27. The Hall–Kier alpha value is -1.35. The Morgan fingerprint density at radius 1 is 1.15 bits per heavy atom. The zero-order chi connectivity index (χ0) is 9.26. The van der Waals surface area contributed by atoms with Gasteiger partial charge in [0.15, 0.2) is 0 Å². The molecule has 0 aromatic heterocycles. The predicted molar refractivity (Wildman–Crippen MR) is 61.0 cm³/mol. The highest BCUT2D eigenvalue weighted by Crippen LogP contribution is 2.25. The van der Waals surface area contributed by atoms with Crippen LogP contribution >= 0.6 is 12.8 Å². The molecule has 66 valence electrons. The maximum Gasteiger partial charge on any atom is 0.0517 e. The number of rotatable bonds is 1. The van der Waals surface area contributed by atoms with Crippen molar-refractivity contribution in [1.82, 2.24) is 0 Å². The Kier molecular flexibility index (Phi) is 2.02. The fourth-order valence-corrected chi connectivity index (χ4v) is 1.59. The summed E-state index contributed by atoms with van der Waals surface area (Å²) in [6.45, 7) is 0. The van der Waals surface area contributed by atoms with Crippen molar-refractivity contribution in [3.8, 4) is 0 Å². The monoisotopic (exact) mass is 190 g/mol. The van der Waals surface area contributed by atoms with Crippen LogP contribution in [-0.2, 0) is 0 Å². The van der Waals surface area contributed by atoms with Crippen molar-refractivity contribution in [2.45, 2.75) is 0 Å². The summed E-state index contributed by atoms with van der Waals surface area (Å²) >= 11 is 4.03. The lowest BCUT2D eigenvalue weighted by Crippen LogP contribution is -1.86. The van der Waals surface area contributed by atoms with Gasteiger partial charge in [-0.3, -0.25) is 0 Å². The molecule has 0 aliphatic rings. The van der Waals surface area contributed by atoms with Gasteiger partial charge in [-0.25, -0.2) is 0 Å². The molecule has 0 radical (unpaired) electrons. The Morgan fingerprint density at radius 3 is 2.77 bits per heavy atom. The van der Waals surface area contributed by atoms with E-state index in [1.54, 1.807) is 0 Å². The first-order valence-corrected chi connectivity index (χ1v) is 4.44. The highest BCUT2D eigenvalue weighted by Gasteiger charge is 1.98. The molecule has 13 heavy (non-hydrogen) atoms. The third-order valence-electron chi connectivity index (χ3n) is 2.02. The molecule has 3 N–H and O–H groups in total. The first-order chi connectivity index (χ1) is 6.31. The number of hydrogen-bond donors (Lipinski definition) is 3. The number of hydrogen-bond acceptors (Lipinski definition) is 3. The van der Waals surface area contributed by atoms with Crippen LogP contribution in [0.4, 0.5) is 11.4 Å². The summed E-state index contributed by atoms with van der Waals surface area (Å²) in [5.74, 6) is 0. The lowest BCUT2D eigenvalue weighted by atomic mass is 10.1. The topological polar surface area (TPSA) is 38.0 Å². The van der Waals surface area contributed by atoms with Crippen molar-refractivity contribution < 1.29 is 0 Å². The lowest BCUT2D eigenvalue weighted by Gasteiger charge is -2.04. The van der Waals surface area contributed by atoms with E-state index >= 15 is 0 Å². The SMILES string of the molecule is Nc1ccc2c(NS)cccc2c1. The van der Waals surface area contributed by atoms with Crippen LogP contribution in [-0.4, -0.2) is 0 Å². The van der Waals surface area contributed by atoms with Gasteiger partial charge in [-0.1, -0.05) is 31.0 Å². The molecule has 0 amide bonds. The average Bonchev–Trinajstić information content (AvgIpc) is 2.16. The van der Waals surface area contributed by atoms with Crippen LogP contribution in [0.2, 0.25) is 0 Å². The van der Waals surface area contributed by atoms with Crippen molar-refractivity contribution in [3.63, 3.8) is 0 Å². The molecule has 0 heterocycles. The van der Waals surface area contributed by atoms with Crippen LogP contribution in [0.25, 0.3) is 10.8 Å². The summed E-state index contributed by atoms with van der Waals surface area (Å²) in [5.41, 5.74) is 7.46. The molecule has 2 rings (SSSR count). The molecule has 0 saturated carbocycles. The number of nitrogens with one attached hydrogen (secondary N) is 1. The van der Waals surface area contributed by atoms with Crippen LogP contribution in [0.5, 0.6) is 0 Å². The van der Waals surface area contributed by atoms with Crippen LogP contribution < -0.4 is 10.5 Å². The van der Waals surface area contributed by atoms with Gasteiger partial charge in [0.2, 0.25) is 0 Å². The highest BCUT2D eigenvalue weighted by molar-refractivity contribution is 7.81. The highest BCUT2D eigenvalue weighted by atomic mass is 32.1. The van der Waals surface area contributed by atoms with Gasteiger partial charge in [-0.15, -0.1) is 0 Å². The molecule has 0 bridgehead atoms. The summed E-state index contributed by atoms with van der Waals surface area (Å²) in [4.78, 5) is 0. The van der Waals surface area contributed by atoms with Gasteiger partial charge >= 0.3 is 0 Å². The maximum absolute atomic E-state index is 5.68. The molecule has 2 nitrogen and oxygen atoms in total. The van der Waals surface area contributed by atoms with Crippen molar-refractivity contribution in [1.29, 1.82) is 0 Å². The summed E-state index contributed by atoms with van der Waals surface area (Å²) in [6, 6.07) is 11.8. The molecule has 0 atom stereocenters. The predicted octanol–water partition coefficient (Wildman–Crippen LogP) is 2.68. The van der Waals surface area contributed by atoms with E-state index in [2.05, 4.69) is 17.5 Å². The molecular formula is C10H10N2S. The first kappa shape index (κ1) is 8.26. The maximum atomic E-state index is 5.68. The Labute approximate surface area is 82.3 Å². The number of benzene rings is 2. The minimum absolute atomic E-state index is 0.781. The quantitative estimate of drug-likeness (QED) is 0.478. The summed E-state index contributed by atoms with van der Waals surface area (Å²) in [7, 11) is 0. The van der Waals surface area contributed by atoms with E-state index in [0.29, 0.717) is 0 Å². The van der Waals surface area contributed by atoms with Crippen LogP contribution in [0, 0.1) is 0 Å². The molecule has 0 spiro atoms. The second-order valence-electron chi connectivity index (χ2n) is 2.90. The van der Waals surface area contributed by atoms with E-state index in [1.165, 1.54) is 0 Å². The number of nitrogens with two attached hydrogens (primary N) is 1. The van der Waals surface area contributed by atoms with Crippen LogP contribution in [0.3, 0.4) is 0 Å². The van der Waals surface area contributed by atoms with Gasteiger partial charge in [-0.2, -0.15) is 0 Å². The fraction of sp³-hybridized carbons (Fsp3) is 0. The Bertz CT molecular complexity index is 440. The van der Waals surface area contributed by atoms with E-state index in [9.17, 15) is 0 Å². The smallest absolute Gasteiger partial charge is 0.0517 e. The minimum Gasteiger partial charge on any atom is -0.399 e. The van der Waals surface area contributed by atoms with Crippen molar-refractivity contribution in [3.05, 3.63) is 36.4 Å². The number of anilines is 2. The molecule has 0 fully saturated rings. The van der Waals surface area contributed by atoms with Crippen molar-refractivity contribution >= 4 is 35.0 Å². The standard InChI is InChI=1S/C10H10N2S/c11-8-4-5-9-7(6-8)2-1-3-10(9)12-13/h1-6,12-13H,11H2. The van der Waals surface area contributed by atoms with Gasteiger partial charge in [0.05, 0.1) is 5.69 Å². The molecular weight excluding hydrogens is 180 g/mol. The molecule has 0 unspecified atom stereocenters. The van der Waals surface area contributed by atoms with Gasteiger partial charge in [-0.05, 0) is 23.6 Å². The number of nitrogen functional groups attached to an aromatic ring is 1. The molecule has 0 saturated heterocycles. The Balaban J connectivity index is 2.77. The number of fused-ring (bicyclic) bond motifs is 1. The first-order valence-electron chi connectivity index (χ1n) is 3.99. The second-order valence-corrected chi connectivity index (χ2v) is 3.12. The van der Waals surface area contributed by atoms with E-state index in [4.69, 9.17) is 5.73 Å². The lowest BCUT2D eigenvalue weighted by molar-refractivity contribution is 1.71. The zero-order valence-electron chi connectivity index (χ0n) is 6.99. The average molecular weight is 190 g/mol. The minimum atomic E-state index is 0.781. The van der Waals surface area contributed by atoms with Crippen molar-refractivity contribution in [2.75, 3.05) is 10.5 Å². The van der Waals surface area contributed by atoms with Crippen LogP contribution in [0.1, 0.15) is 0 Å². The van der Waals surface area contributed by atoms with Gasteiger partial charge in [0.1, 0.15) is 0 Å². The van der Waals surface area contributed by atoms with E-state index in [1.807, 2.05) is 36.4 Å². The van der Waals surface area contributed by atoms with Crippen molar-refractivity contribution in [2.24, 2.45) is 0 Å². The van der Waals surface area contributed by atoms with Gasteiger partial charge in [0, 0.05) is 11.1 Å². The van der Waals surface area contributed by atoms with E-state index < -0.39 is 0 Å². The second kappa shape index (κ2) is 3.18. The van der Waals surface area contributed by atoms with E-state index in [-0.39, 0.29) is 0 Å². The normalized spacial score (nSPS) is 10.2. The largest absolute Gasteiger partial charge is 0.399 e.